The molecule has 3 rings (SSSR count). The molecule has 1 aliphatic heterocycles. The van der Waals surface area contributed by atoms with Crippen LogP contribution in [0.25, 0.3) is 11.2 Å². The predicted molar refractivity (Wildman–Crippen MR) is 78.3 cm³/mol. The summed E-state index contributed by atoms with van der Waals surface area (Å²) in [6.45, 7) is 6.14. The summed E-state index contributed by atoms with van der Waals surface area (Å²) in [4.78, 5) is 8.99. The number of aromatic nitrogens is 3. The van der Waals surface area contributed by atoms with E-state index in [-0.39, 0.29) is 11.2 Å². The van der Waals surface area contributed by atoms with E-state index < -0.39 is 15.2 Å². The first-order valence-corrected chi connectivity index (χ1v) is 8.57. The minimum Gasteiger partial charge on any atom is -0.294 e. The molecule has 3 heterocycles. The first-order chi connectivity index (χ1) is 9.31. The van der Waals surface area contributed by atoms with Crippen LogP contribution in [0.5, 0.6) is 0 Å². The molecule has 0 N–H and O–H groups in total. The fourth-order valence-electron chi connectivity index (χ4n) is 2.80. The van der Waals surface area contributed by atoms with Gasteiger partial charge in [0.1, 0.15) is 16.7 Å². The summed E-state index contributed by atoms with van der Waals surface area (Å²) in [5, 5.41) is -0.517. The third-order valence-corrected chi connectivity index (χ3v) is 5.84. The van der Waals surface area contributed by atoms with Gasteiger partial charge in [-0.05, 0) is 25.0 Å². The van der Waals surface area contributed by atoms with Crippen molar-refractivity contribution in [2.45, 2.75) is 44.4 Å². The van der Waals surface area contributed by atoms with Crippen LogP contribution < -0.4 is 0 Å². The van der Waals surface area contributed by atoms with Crippen molar-refractivity contribution < 1.29 is 8.42 Å². The molecule has 1 fully saturated rings. The van der Waals surface area contributed by atoms with Gasteiger partial charge in [0.05, 0.1) is 5.75 Å². The standard InChI is InChI=1S/C14H19N3O2S/c1-14(2,3)13-16-10-6-4-8-15-12(10)17(13)11-7-5-9-20(11,18)19/h4,6,8,11H,5,7,9H2,1-3H3. The van der Waals surface area contributed by atoms with Gasteiger partial charge >= 0.3 is 0 Å². The van der Waals surface area contributed by atoms with E-state index in [1.807, 2.05) is 37.5 Å². The number of hydrogen-bond acceptors (Lipinski definition) is 4. The Morgan fingerprint density at radius 3 is 2.70 bits per heavy atom. The maximum Gasteiger partial charge on any atom is 0.171 e. The molecule has 2 aromatic heterocycles. The Kier molecular flexibility index (Phi) is 2.90. The minimum absolute atomic E-state index is 0.223. The second-order valence-corrected chi connectivity index (χ2v) is 8.64. The van der Waals surface area contributed by atoms with Gasteiger partial charge in [0.2, 0.25) is 0 Å². The molecule has 1 aliphatic rings. The number of pyridine rings is 1. The molecule has 1 saturated heterocycles. The topological polar surface area (TPSA) is 64.8 Å². The second kappa shape index (κ2) is 4.28. The fraction of sp³-hybridized carbons (Fsp3) is 0.571. The van der Waals surface area contributed by atoms with E-state index in [0.29, 0.717) is 18.5 Å². The third-order valence-electron chi connectivity index (χ3n) is 3.70. The molecular weight excluding hydrogens is 274 g/mol. The number of fused-ring (bicyclic) bond motifs is 1. The first-order valence-electron chi connectivity index (χ1n) is 6.86. The number of rotatable bonds is 1. The van der Waals surface area contributed by atoms with Crippen molar-refractivity contribution in [1.29, 1.82) is 0 Å². The van der Waals surface area contributed by atoms with Crippen LogP contribution in [0, 0.1) is 0 Å². The lowest BCUT2D eigenvalue weighted by molar-refractivity contribution is 0.482. The molecule has 0 saturated carbocycles. The molecule has 5 nitrogen and oxygen atoms in total. The van der Waals surface area contributed by atoms with Gasteiger partial charge in [-0.15, -0.1) is 0 Å². The van der Waals surface area contributed by atoms with Crippen molar-refractivity contribution >= 4 is 21.0 Å². The highest BCUT2D eigenvalue weighted by Gasteiger charge is 2.37. The summed E-state index contributed by atoms with van der Waals surface area (Å²) in [7, 11) is -3.10. The van der Waals surface area contributed by atoms with E-state index in [9.17, 15) is 8.42 Å². The van der Waals surface area contributed by atoms with Gasteiger partial charge in [-0.3, -0.25) is 4.57 Å². The summed E-state index contributed by atoms with van der Waals surface area (Å²) in [5.41, 5.74) is 1.21. The maximum atomic E-state index is 12.3. The summed E-state index contributed by atoms with van der Waals surface area (Å²) in [6, 6.07) is 3.71. The normalized spacial score (nSPS) is 22.4. The molecule has 0 radical (unpaired) electrons. The van der Waals surface area contributed by atoms with Gasteiger partial charge in [-0.2, -0.15) is 0 Å². The van der Waals surface area contributed by atoms with Crippen LogP contribution >= 0.6 is 0 Å². The summed E-state index contributed by atoms with van der Waals surface area (Å²) >= 11 is 0. The highest BCUT2D eigenvalue weighted by atomic mass is 32.2. The van der Waals surface area contributed by atoms with Gasteiger partial charge in [-0.25, -0.2) is 18.4 Å². The Morgan fingerprint density at radius 1 is 1.35 bits per heavy atom. The Morgan fingerprint density at radius 2 is 2.10 bits per heavy atom. The van der Waals surface area contributed by atoms with Crippen LogP contribution in [0.4, 0.5) is 0 Å². The molecule has 2 aromatic rings. The Balaban J connectivity index is 2.33. The van der Waals surface area contributed by atoms with Gasteiger partial charge in [-0.1, -0.05) is 20.8 Å². The van der Waals surface area contributed by atoms with E-state index in [2.05, 4.69) is 9.97 Å². The molecule has 1 atom stereocenters. The Labute approximate surface area is 119 Å². The van der Waals surface area contributed by atoms with Crippen molar-refractivity contribution in [1.82, 2.24) is 14.5 Å². The SMILES string of the molecule is CC(C)(C)c1nc2cccnc2n1C1CCCS1(=O)=O. The van der Waals surface area contributed by atoms with Crippen molar-refractivity contribution in [3.63, 3.8) is 0 Å². The smallest absolute Gasteiger partial charge is 0.171 e. The number of imidazole rings is 1. The Hall–Kier alpha value is -1.43. The zero-order chi connectivity index (χ0) is 14.5. The summed E-state index contributed by atoms with van der Waals surface area (Å²) in [5.74, 6) is 1.05. The molecule has 0 amide bonds. The Bertz CT molecular complexity index is 756. The van der Waals surface area contributed by atoms with Crippen molar-refractivity contribution in [2.24, 2.45) is 0 Å². The summed E-state index contributed by atoms with van der Waals surface area (Å²) in [6.07, 6.45) is 3.05. The van der Waals surface area contributed by atoms with Gasteiger partial charge in [0, 0.05) is 11.6 Å². The number of sulfone groups is 1. The zero-order valence-corrected chi connectivity index (χ0v) is 12.8. The van der Waals surface area contributed by atoms with E-state index >= 15 is 0 Å². The molecule has 20 heavy (non-hydrogen) atoms. The van der Waals surface area contributed by atoms with E-state index in [4.69, 9.17) is 0 Å². The van der Waals surface area contributed by atoms with Crippen molar-refractivity contribution in [2.75, 3.05) is 5.75 Å². The largest absolute Gasteiger partial charge is 0.294 e. The molecule has 108 valence electrons. The molecular formula is C14H19N3O2S. The highest BCUT2D eigenvalue weighted by molar-refractivity contribution is 7.91. The maximum absolute atomic E-state index is 12.3. The lowest BCUT2D eigenvalue weighted by atomic mass is 9.95. The lowest BCUT2D eigenvalue weighted by Crippen LogP contribution is -2.24. The average Bonchev–Trinajstić information content (AvgIpc) is 2.88. The minimum atomic E-state index is -3.10. The van der Waals surface area contributed by atoms with Crippen LogP contribution in [0.1, 0.15) is 44.8 Å². The second-order valence-electron chi connectivity index (χ2n) is 6.37. The monoisotopic (exact) mass is 293 g/mol. The number of nitrogens with zero attached hydrogens (tertiary/aromatic N) is 3. The van der Waals surface area contributed by atoms with Crippen molar-refractivity contribution in [3.8, 4) is 0 Å². The van der Waals surface area contributed by atoms with Crippen LogP contribution in [0.2, 0.25) is 0 Å². The first kappa shape index (κ1) is 13.5. The molecule has 0 bridgehead atoms. The zero-order valence-electron chi connectivity index (χ0n) is 12.0. The average molecular weight is 293 g/mol. The van der Waals surface area contributed by atoms with E-state index in [1.165, 1.54) is 0 Å². The van der Waals surface area contributed by atoms with Gasteiger partial charge in [0.25, 0.3) is 0 Å². The predicted octanol–water partition coefficient (Wildman–Crippen LogP) is 2.44. The van der Waals surface area contributed by atoms with Crippen molar-refractivity contribution in [3.05, 3.63) is 24.2 Å². The fourth-order valence-corrected chi connectivity index (χ4v) is 4.68. The van der Waals surface area contributed by atoms with Crippen LogP contribution in [0.3, 0.4) is 0 Å². The highest BCUT2D eigenvalue weighted by Crippen LogP contribution is 2.36. The van der Waals surface area contributed by atoms with Crippen LogP contribution in [-0.2, 0) is 15.3 Å². The molecule has 1 unspecified atom stereocenters. The molecule has 0 aromatic carbocycles. The van der Waals surface area contributed by atoms with Gasteiger partial charge in [0.15, 0.2) is 15.5 Å². The lowest BCUT2D eigenvalue weighted by Gasteiger charge is -2.23. The molecule has 0 aliphatic carbocycles. The third kappa shape index (κ3) is 2.02. The van der Waals surface area contributed by atoms with E-state index in [0.717, 1.165) is 11.3 Å². The quantitative estimate of drug-likeness (QED) is 0.810. The molecule has 6 heteroatoms. The van der Waals surface area contributed by atoms with Crippen LogP contribution in [-0.4, -0.2) is 28.7 Å². The number of hydrogen-bond donors (Lipinski definition) is 0. The van der Waals surface area contributed by atoms with E-state index in [1.54, 1.807) is 6.20 Å². The summed E-state index contributed by atoms with van der Waals surface area (Å²) < 4.78 is 26.5. The van der Waals surface area contributed by atoms with Crippen LogP contribution in [0.15, 0.2) is 18.3 Å². The molecule has 0 spiro atoms. The van der Waals surface area contributed by atoms with Gasteiger partial charge < -0.3 is 0 Å².